The molecule has 0 atom stereocenters. The molecule has 0 saturated carbocycles. The predicted octanol–water partition coefficient (Wildman–Crippen LogP) is 5.53. The molecule has 3 rings (SSSR count). The van der Waals surface area contributed by atoms with Crippen molar-refractivity contribution in [3.8, 4) is 0 Å². The van der Waals surface area contributed by atoms with Crippen LogP contribution in [0.25, 0.3) is 0 Å². The summed E-state index contributed by atoms with van der Waals surface area (Å²) in [5.74, 6) is -0.0754. The van der Waals surface area contributed by atoms with E-state index in [0.29, 0.717) is 18.8 Å². The number of aryl methyl sites for hydroxylation is 1. The monoisotopic (exact) mass is 435 g/mol. The number of nitrogens with zero attached hydrogens (tertiary/aromatic N) is 2. The Morgan fingerprint density at radius 1 is 0.935 bits per heavy atom. The summed E-state index contributed by atoms with van der Waals surface area (Å²) in [5.41, 5.74) is 2.95. The molecule has 6 heteroatoms. The van der Waals surface area contributed by atoms with Crippen molar-refractivity contribution >= 4 is 29.0 Å². The highest BCUT2D eigenvalue weighted by molar-refractivity contribution is 7.10. The first-order chi connectivity index (χ1) is 14.9. The number of hydrogen-bond acceptors (Lipinski definition) is 3. The number of nitrogens with one attached hydrogen (secondary N) is 1. The van der Waals surface area contributed by atoms with Crippen LogP contribution >= 0.6 is 11.3 Å². The molecule has 31 heavy (non-hydrogen) atoms. The van der Waals surface area contributed by atoms with Gasteiger partial charge in [-0.2, -0.15) is 0 Å². The molecule has 0 saturated heterocycles. The highest BCUT2D eigenvalue weighted by Crippen LogP contribution is 2.20. The Bertz CT molecular complexity index is 986. The van der Waals surface area contributed by atoms with Crippen LogP contribution in [0.2, 0.25) is 0 Å². The number of carbonyl (C=O) groups excluding carboxylic acids is 2. The summed E-state index contributed by atoms with van der Waals surface area (Å²) >= 11 is 1.65. The maximum Gasteiger partial charge on any atom is 0.322 e. The minimum atomic E-state index is -0.276. The second-order valence-corrected chi connectivity index (χ2v) is 8.78. The van der Waals surface area contributed by atoms with Crippen molar-refractivity contribution in [1.29, 1.82) is 0 Å². The Labute approximate surface area is 188 Å². The lowest BCUT2D eigenvalue weighted by molar-refractivity contribution is -0.133. The van der Waals surface area contributed by atoms with Gasteiger partial charge in [-0.15, -0.1) is 11.3 Å². The predicted molar refractivity (Wildman–Crippen MR) is 127 cm³/mol. The summed E-state index contributed by atoms with van der Waals surface area (Å²) in [4.78, 5) is 30.8. The van der Waals surface area contributed by atoms with Gasteiger partial charge in [-0.05, 0) is 55.5 Å². The van der Waals surface area contributed by atoms with Crippen LogP contribution in [0.5, 0.6) is 0 Å². The van der Waals surface area contributed by atoms with Gasteiger partial charge in [0.1, 0.15) is 6.54 Å². The topological polar surface area (TPSA) is 52.7 Å². The standard InChI is InChI=1S/C25H29N3O2S/c1-19(2)28(25(30)26-22-12-8-5-9-13-22)18-24(29)27(16-21-10-6-4-7-11-21)17-23-20(3)14-15-31-23/h4-15,19H,16-18H2,1-3H3,(H,26,30). The van der Waals surface area contributed by atoms with E-state index in [-0.39, 0.29) is 24.5 Å². The summed E-state index contributed by atoms with van der Waals surface area (Å²) in [6, 6.07) is 20.9. The number of benzene rings is 2. The fraction of sp³-hybridized carbons (Fsp3) is 0.280. The second kappa shape index (κ2) is 10.8. The Hall–Kier alpha value is -3.12. The summed E-state index contributed by atoms with van der Waals surface area (Å²) < 4.78 is 0. The van der Waals surface area contributed by atoms with Crippen molar-refractivity contribution in [2.75, 3.05) is 11.9 Å². The SMILES string of the molecule is Cc1ccsc1CN(Cc1ccccc1)C(=O)CN(C(=O)Nc1ccccc1)C(C)C. The molecule has 3 amide bonds. The summed E-state index contributed by atoms with van der Waals surface area (Å²) in [6.07, 6.45) is 0. The van der Waals surface area contributed by atoms with Crippen LogP contribution in [-0.4, -0.2) is 34.3 Å². The van der Waals surface area contributed by atoms with Gasteiger partial charge in [-0.1, -0.05) is 48.5 Å². The van der Waals surface area contributed by atoms with E-state index in [1.165, 1.54) is 5.56 Å². The molecule has 1 heterocycles. The number of rotatable bonds is 8. The number of carbonyl (C=O) groups is 2. The smallest absolute Gasteiger partial charge is 0.322 e. The van der Waals surface area contributed by atoms with Gasteiger partial charge in [-0.3, -0.25) is 4.79 Å². The number of anilines is 1. The minimum absolute atomic E-state index is 0.0214. The number of hydrogen-bond donors (Lipinski definition) is 1. The molecule has 1 N–H and O–H groups in total. The van der Waals surface area contributed by atoms with Crippen molar-refractivity contribution in [3.05, 3.63) is 88.1 Å². The van der Waals surface area contributed by atoms with Crippen LogP contribution in [0.1, 0.15) is 29.9 Å². The van der Waals surface area contributed by atoms with Gasteiger partial charge < -0.3 is 15.1 Å². The molecule has 162 valence electrons. The van der Waals surface area contributed by atoms with Crippen molar-refractivity contribution in [3.63, 3.8) is 0 Å². The van der Waals surface area contributed by atoms with Crippen LogP contribution in [-0.2, 0) is 17.9 Å². The van der Waals surface area contributed by atoms with Gasteiger partial charge in [0, 0.05) is 23.2 Å². The normalized spacial score (nSPS) is 10.7. The van der Waals surface area contributed by atoms with Gasteiger partial charge in [0.15, 0.2) is 0 Å². The van der Waals surface area contributed by atoms with Gasteiger partial charge in [-0.25, -0.2) is 4.79 Å². The third-order valence-electron chi connectivity index (χ3n) is 5.09. The number of para-hydroxylation sites is 1. The Morgan fingerprint density at radius 2 is 1.58 bits per heavy atom. The Morgan fingerprint density at radius 3 is 2.16 bits per heavy atom. The molecule has 0 unspecified atom stereocenters. The fourth-order valence-corrected chi connectivity index (χ4v) is 4.15. The summed E-state index contributed by atoms with van der Waals surface area (Å²) in [5, 5.41) is 4.94. The van der Waals surface area contributed by atoms with E-state index < -0.39 is 0 Å². The molecular weight excluding hydrogens is 406 g/mol. The average Bonchev–Trinajstić information content (AvgIpc) is 3.17. The van der Waals surface area contributed by atoms with Gasteiger partial charge in [0.25, 0.3) is 0 Å². The molecule has 3 aromatic rings. The van der Waals surface area contributed by atoms with Crippen LogP contribution in [0.3, 0.4) is 0 Å². The second-order valence-electron chi connectivity index (χ2n) is 7.78. The molecule has 0 bridgehead atoms. The summed E-state index contributed by atoms with van der Waals surface area (Å²) in [6.45, 7) is 6.96. The van der Waals surface area contributed by atoms with Crippen LogP contribution < -0.4 is 5.32 Å². The number of urea groups is 1. The van der Waals surface area contributed by atoms with Crippen LogP contribution in [0, 0.1) is 6.92 Å². The van der Waals surface area contributed by atoms with Crippen molar-refractivity contribution in [2.45, 2.75) is 39.9 Å². The molecule has 0 radical (unpaired) electrons. The first kappa shape index (κ1) is 22.6. The average molecular weight is 436 g/mol. The van der Waals surface area contributed by atoms with Crippen LogP contribution in [0.15, 0.2) is 72.1 Å². The quantitative estimate of drug-likeness (QED) is 0.506. The summed E-state index contributed by atoms with van der Waals surface area (Å²) in [7, 11) is 0. The van der Waals surface area contributed by atoms with Gasteiger partial charge in [0.05, 0.1) is 6.54 Å². The number of thiophene rings is 1. The lowest BCUT2D eigenvalue weighted by Gasteiger charge is -2.30. The molecule has 2 aromatic carbocycles. The zero-order valence-corrected chi connectivity index (χ0v) is 19.1. The Balaban J connectivity index is 1.76. The highest BCUT2D eigenvalue weighted by atomic mass is 32.1. The first-order valence-electron chi connectivity index (χ1n) is 10.4. The molecule has 1 aromatic heterocycles. The van der Waals surface area contributed by atoms with Crippen molar-refractivity contribution in [2.24, 2.45) is 0 Å². The van der Waals surface area contributed by atoms with E-state index >= 15 is 0 Å². The highest BCUT2D eigenvalue weighted by Gasteiger charge is 2.24. The lowest BCUT2D eigenvalue weighted by Crippen LogP contribution is -2.47. The van der Waals surface area contributed by atoms with E-state index in [1.54, 1.807) is 16.2 Å². The van der Waals surface area contributed by atoms with E-state index in [1.807, 2.05) is 84.8 Å². The third kappa shape index (κ3) is 6.43. The van der Waals surface area contributed by atoms with Crippen LogP contribution in [0.4, 0.5) is 10.5 Å². The number of amides is 3. The third-order valence-corrected chi connectivity index (χ3v) is 6.09. The van der Waals surface area contributed by atoms with Crippen molar-refractivity contribution < 1.29 is 9.59 Å². The maximum atomic E-state index is 13.4. The zero-order chi connectivity index (χ0) is 22.2. The first-order valence-corrected chi connectivity index (χ1v) is 11.3. The molecule has 0 aliphatic carbocycles. The van der Waals surface area contributed by atoms with Crippen molar-refractivity contribution in [1.82, 2.24) is 9.80 Å². The molecule has 0 spiro atoms. The Kier molecular flexibility index (Phi) is 7.84. The molecule has 0 aliphatic rings. The zero-order valence-electron chi connectivity index (χ0n) is 18.2. The fourth-order valence-electron chi connectivity index (χ4n) is 3.23. The lowest BCUT2D eigenvalue weighted by atomic mass is 10.2. The van der Waals surface area contributed by atoms with E-state index in [2.05, 4.69) is 18.3 Å². The maximum absolute atomic E-state index is 13.4. The van der Waals surface area contributed by atoms with Gasteiger partial charge in [0.2, 0.25) is 5.91 Å². The molecular formula is C25H29N3O2S. The van der Waals surface area contributed by atoms with Gasteiger partial charge >= 0.3 is 6.03 Å². The van der Waals surface area contributed by atoms with E-state index in [0.717, 1.165) is 10.4 Å². The molecule has 5 nitrogen and oxygen atoms in total. The molecule has 0 fully saturated rings. The van der Waals surface area contributed by atoms with E-state index in [4.69, 9.17) is 0 Å². The largest absolute Gasteiger partial charge is 0.332 e. The minimum Gasteiger partial charge on any atom is -0.332 e. The van der Waals surface area contributed by atoms with E-state index in [9.17, 15) is 9.59 Å². The molecule has 0 aliphatic heterocycles.